The highest BCUT2D eigenvalue weighted by Gasteiger charge is 2.71. The Hall–Kier alpha value is -3.49. The summed E-state index contributed by atoms with van der Waals surface area (Å²) in [4.78, 5) is 35.1. The van der Waals surface area contributed by atoms with E-state index in [1.807, 2.05) is 48.5 Å². The quantitative estimate of drug-likeness (QED) is 0.471. The maximum absolute atomic E-state index is 14.2. The number of alkyl halides is 2. The zero-order valence-electron chi connectivity index (χ0n) is 19.3. The number of aliphatic carboxylic acids is 1. The van der Waals surface area contributed by atoms with Crippen LogP contribution in [0.3, 0.4) is 0 Å². The van der Waals surface area contributed by atoms with Crippen LogP contribution in [0.25, 0.3) is 11.1 Å². The van der Waals surface area contributed by atoms with Crippen LogP contribution in [-0.2, 0) is 14.3 Å². The molecule has 2 aromatic rings. The first-order valence-electron chi connectivity index (χ1n) is 11.7. The molecule has 0 radical (unpaired) electrons. The molecule has 9 heteroatoms. The van der Waals surface area contributed by atoms with Gasteiger partial charge in [-0.05, 0) is 34.6 Å². The number of fused-ring (bicyclic) bond motifs is 3. The number of halogens is 2. The number of nitrogens with one attached hydrogen (secondary N) is 2. The van der Waals surface area contributed by atoms with Crippen molar-refractivity contribution in [1.29, 1.82) is 0 Å². The van der Waals surface area contributed by atoms with Gasteiger partial charge in [0.1, 0.15) is 12.5 Å². The van der Waals surface area contributed by atoms with Gasteiger partial charge < -0.3 is 20.5 Å². The molecule has 2 aromatic carbocycles. The van der Waals surface area contributed by atoms with Gasteiger partial charge in [0.15, 0.2) is 0 Å². The Bertz CT molecular complexity index is 1080. The van der Waals surface area contributed by atoms with Gasteiger partial charge in [-0.1, -0.05) is 55.5 Å². The standard InChI is InChI=1S/C26H28F2N2O5/c1-15(10-11-22(31)32)12-29-24(33)23-21(26(23,27)28)13-30-25(34)35-14-20-18-8-4-2-6-16(18)17-7-3-5-9-19(17)20/h2-9,15,20-21,23H,10-14H2,1H3,(H,29,33)(H,30,34)(H,31,32)/t15?,21-,23-/m0/s1. The maximum atomic E-state index is 14.2. The molecule has 1 unspecified atom stereocenters. The van der Waals surface area contributed by atoms with Gasteiger partial charge in [0.2, 0.25) is 5.91 Å². The normalized spacial score (nSPS) is 20.3. The number of rotatable bonds is 10. The van der Waals surface area contributed by atoms with Crippen LogP contribution in [0.1, 0.15) is 36.8 Å². The molecular formula is C26H28F2N2O5. The zero-order chi connectivity index (χ0) is 25.2. The third-order valence-electron chi connectivity index (χ3n) is 6.77. The van der Waals surface area contributed by atoms with Crippen molar-refractivity contribution in [3.05, 3.63) is 59.7 Å². The zero-order valence-corrected chi connectivity index (χ0v) is 19.3. The lowest BCUT2D eigenvalue weighted by Crippen LogP contribution is -2.32. The Morgan fingerprint density at radius 3 is 2.23 bits per heavy atom. The first-order chi connectivity index (χ1) is 16.7. The van der Waals surface area contributed by atoms with E-state index in [9.17, 15) is 23.2 Å². The van der Waals surface area contributed by atoms with Crippen molar-refractivity contribution in [3.8, 4) is 11.1 Å². The molecule has 0 aliphatic heterocycles. The Morgan fingerprint density at radius 1 is 1.03 bits per heavy atom. The molecule has 0 spiro atoms. The molecule has 1 fully saturated rings. The molecule has 35 heavy (non-hydrogen) atoms. The van der Waals surface area contributed by atoms with Gasteiger partial charge in [-0.2, -0.15) is 0 Å². The van der Waals surface area contributed by atoms with Crippen molar-refractivity contribution in [2.45, 2.75) is 31.6 Å². The van der Waals surface area contributed by atoms with Crippen LogP contribution >= 0.6 is 0 Å². The van der Waals surface area contributed by atoms with Gasteiger partial charge in [-0.3, -0.25) is 9.59 Å². The van der Waals surface area contributed by atoms with Gasteiger partial charge in [0, 0.05) is 25.4 Å². The van der Waals surface area contributed by atoms with Gasteiger partial charge >= 0.3 is 12.1 Å². The lowest BCUT2D eigenvalue weighted by Gasteiger charge is -2.14. The highest BCUT2D eigenvalue weighted by Crippen LogP contribution is 2.55. The number of carbonyl (C=O) groups excluding carboxylic acids is 2. The van der Waals surface area contributed by atoms with E-state index in [4.69, 9.17) is 9.84 Å². The maximum Gasteiger partial charge on any atom is 0.407 e. The van der Waals surface area contributed by atoms with Gasteiger partial charge in [0.25, 0.3) is 5.92 Å². The molecule has 1 saturated carbocycles. The minimum Gasteiger partial charge on any atom is -0.481 e. The molecule has 0 aromatic heterocycles. The summed E-state index contributed by atoms with van der Waals surface area (Å²) in [5, 5.41) is 13.5. The Kier molecular flexibility index (Phi) is 7.05. The highest BCUT2D eigenvalue weighted by molar-refractivity contribution is 5.84. The van der Waals surface area contributed by atoms with Crippen molar-refractivity contribution < 1.29 is 33.0 Å². The molecule has 2 aliphatic rings. The van der Waals surface area contributed by atoms with Crippen LogP contribution in [0.5, 0.6) is 0 Å². The minimum atomic E-state index is -3.22. The number of carbonyl (C=O) groups is 3. The Morgan fingerprint density at radius 2 is 1.63 bits per heavy atom. The van der Waals surface area contributed by atoms with Crippen LogP contribution in [0.4, 0.5) is 13.6 Å². The highest BCUT2D eigenvalue weighted by atomic mass is 19.3. The summed E-state index contributed by atoms with van der Waals surface area (Å²) in [6.45, 7) is 1.55. The molecule has 3 N–H and O–H groups in total. The number of amides is 2. The fourth-order valence-electron chi connectivity index (χ4n) is 4.70. The molecule has 0 bridgehead atoms. The van der Waals surface area contributed by atoms with Crippen molar-refractivity contribution in [2.75, 3.05) is 19.7 Å². The van der Waals surface area contributed by atoms with Crippen LogP contribution in [0.15, 0.2) is 48.5 Å². The summed E-state index contributed by atoms with van der Waals surface area (Å²) >= 11 is 0. The molecular weight excluding hydrogens is 458 g/mol. The average molecular weight is 487 g/mol. The Balaban J connectivity index is 1.25. The topological polar surface area (TPSA) is 105 Å². The number of benzene rings is 2. The van der Waals surface area contributed by atoms with E-state index in [1.165, 1.54) is 0 Å². The van der Waals surface area contributed by atoms with Crippen LogP contribution in [-0.4, -0.2) is 48.7 Å². The fraction of sp³-hybridized carbons (Fsp3) is 0.423. The summed E-state index contributed by atoms with van der Waals surface area (Å²) in [5.74, 6) is -8.09. The van der Waals surface area contributed by atoms with E-state index in [-0.39, 0.29) is 38.0 Å². The van der Waals surface area contributed by atoms with E-state index >= 15 is 0 Å². The van der Waals surface area contributed by atoms with Crippen LogP contribution in [0, 0.1) is 17.8 Å². The lowest BCUT2D eigenvalue weighted by atomic mass is 9.98. The van der Waals surface area contributed by atoms with E-state index in [0.717, 1.165) is 22.3 Å². The van der Waals surface area contributed by atoms with Crippen LogP contribution < -0.4 is 10.6 Å². The molecule has 3 atom stereocenters. The average Bonchev–Trinajstić information content (AvgIpc) is 3.24. The number of carboxylic acids is 1. The molecule has 7 nitrogen and oxygen atoms in total. The number of alkyl carbamates (subject to hydrolysis) is 1. The molecule has 2 amide bonds. The van der Waals surface area contributed by atoms with E-state index in [1.54, 1.807) is 6.92 Å². The lowest BCUT2D eigenvalue weighted by molar-refractivity contribution is -0.137. The summed E-state index contributed by atoms with van der Waals surface area (Å²) in [7, 11) is 0. The molecule has 4 rings (SSSR count). The first kappa shape index (κ1) is 24.6. The second-order valence-corrected chi connectivity index (χ2v) is 9.25. The van der Waals surface area contributed by atoms with Gasteiger partial charge in [0.05, 0.1) is 5.92 Å². The van der Waals surface area contributed by atoms with E-state index < -0.39 is 35.7 Å². The summed E-state index contributed by atoms with van der Waals surface area (Å²) in [5.41, 5.74) is 4.26. The molecule has 186 valence electrons. The van der Waals surface area contributed by atoms with E-state index in [0.29, 0.717) is 6.42 Å². The number of carboxylic acid groups (broad SMARTS) is 1. The van der Waals surface area contributed by atoms with Crippen molar-refractivity contribution in [3.63, 3.8) is 0 Å². The number of ether oxygens (including phenoxy) is 1. The SMILES string of the molecule is CC(CCC(=O)O)CNC(=O)[C@@H]1[C@H](CNC(=O)OCC2c3ccccc3-c3ccccc32)C1(F)F. The van der Waals surface area contributed by atoms with Gasteiger partial charge in [-0.25, -0.2) is 13.6 Å². The first-order valence-corrected chi connectivity index (χ1v) is 11.7. The molecule has 2 aliphatic carbocycles. The Labute approximate surface area is 201 Å². The summed E-state index contributed by atoms with van der Waals surface area (Å²) < 4.78 is 33.7. The van der Waals surface area contributed by atoms with Crippen molar-refractivity contribution in [2.24, 2.45) is 17.8 Å². The van der Waals surface area contributed by atoms with Crippen LogP contribution in [0.2, 0.25) is 0 Å². The second-order valence-electron chi connectivity index (χ2n) is 9.25. The number of hydrogen-bond donors (Lipinski definition) is 3. The predicted molar refractivity (Wildman–Crippen MR) is 124 cm³/mol. The third-order valence-corrected chi connectivity index (χ3v) is 6.77. The smallest absolute Gasteiger partial charge is 0.407 e. The molecule has 0 heterocycles. The van der Waals surface area contributed by atoms with Crippen molar-refractivity contribution in [1.82, 2.24) is 10.6 Å². The third kappa shape index (κ3) is 5.28. The summed E-state index contributed by atoms with van der Waals surface area (Å²) in [6.07, 6.45) is -0.525. The van der Waals surface area contributed by atoms with E-state index in [2.05, 4.69) is 10.6 Å². The number of hydrogen-bond acceptors (Lipinski definition) is 4. The minimum absolute atomic E-state index is 0.0523. The monoisotopic (exact) mass is 486 g/mol. The second kappa shape index (κ2) is 10.0. The fourth-order valence-corrected chi connectivity index (χ4v) is 4.70. The molecule has 0 saturated heterocycles. The predicted octanol–water partition coefficient (Wildman–Crippen LogP) is 4.02. The largest absolute Gasteiger partial charge is 0.481 e. The van der Waals surface area contributed by atoms with Crippen molar-refractivity contribution >= 4 is 18.0 Å². The van der Waals surface area contributed by atoms with Gasteiger partial charge in [-0.15, -0.1) is 0 Å². The summed E-state index contributed by atoms with van der Waals surface area (Å²) in [6, 6.07) is 15.7.